The number of thiazole rings is 1. The van der Waals surface area contributed by atoms with E-state index in [0.717, 1.165) is 67.4 Å². The van der Waals surface area contributed by atoms with Crippen LogP contribution in [0.25, 0.3) is 0 Å². The number of hydrogen-bond acceptors (Lipinski definition) is 5. The van der Waals surface area contributed by atoms with E-state index in [1.165, 1.54) is 0 Å². The first-order valence-electron chi connectivity index (χ1n) is 9.63. The first-order chi connectivity index (χ1) is 12.0. The summed E-state index contributed by atoms with van der Waals surface area (Å²) in [5, 5.41) is 1.09. The highest BCUT2D eigenvalue weighted by atomic mass is 32.1. The Labute approximate surface area is 155 Å². The fourth-order valence-corrected chi connectivity index (χ4v) is 5.25. The van der Waals surface area contributed by atoms with Gasteiger partial charge in [0.25, 0.3) is 5.91 Å². The zero-order valence-electron chi connectivity index (χ0n) is 16.0. The van der Waals surface area contributed by atoms with Gasteiger partial charge in [-0.25, -0.2) is 4.98 Å². The van der Waals surface area contributed by atoms with Gasteiger partial charge >= 0.3 is 0 Å². The molecule has 1 amide bonds. The number of carbonyl (C=O) groups is 1. The molecule has 2 aliphatic rings. The van der Waals surface area contributed by atoms with E-state index in [1.807, 2.05) is 6.92 Å². The van der Waals surface area contributed by atoms with Crippen molar-refractivity contribution >= 4 is 17.2 Å². The van der Waals surface area contributed by atoms with Gasteiger partial charge in [-0.05, 0) is 46.5 Å². The summed E-state index contributed by atoms with van der Waals surface area (Å²) in [6, 6.07) is 0.320. The second-order valence-electron chi connectivity index (χ2n) is 7.54. The molecule has 0 bridgehead atoms. The molecule has 0 radical (unpaired) electrons. The Hall–Kier alpha value is -0.980. The predicted octanol–water partition coefficient (Wildman–Crippen LogP) is 3.12. The van der Waals surface area contributed by atoms with Crippen molar-refractivity contribution in [3.63, 3.8) is 0 Å². The summed E-state index contributed by atoms with van der Waals surface area (Å²) < 4.78 is 5.84. The van der Waals surface area contributed by atoms with Crippen molar-refractivity contribution < 1.29 is 9.53 Å². The van der Waals surface area contributed by atoms with E-state index in [0.29, 0.717) is 6.04 Å². The number of likely N-dealkylation sites (tertiary alicyclic amines) is 1. The molecule has 2 saturated heterocycles. The summed E-state index contributed by atoms with van der Waals surface area (Å²) in [5.74, 6) is 0.189. The van der Waals surface area contributed by atoms with Gasteiger partial charge in [0, 0.05) is 32.2 Å². The molecule has 1 aromatic rings. The van der Waals surface area contributed by atoms with Crippen LogP contribution in [0.1, 0.15) is 60.4 Å². The zero-order valence-corrected chi connectivity index (χ0v) is 16.8. The predicted molar refractivity (Wildman–Crippen MR) is 101 cm³/mol. The highest BCUT2D eigenvalue weighted by molar-refractivity contribution is 7.13. The van der Waals surface area contributed by atoms with Crippen LogP contribution in [0.5, 0.6) is 0 Å². The molecule has 0 spiro atoms. The van der Waals surface area contributed by atoms with E-state index < -0.39 is 0 Å². The third kappa shape index (κ3) is 4.41. The van der Waals surface area contributed by atoms with Gasteiger partial charge in [-0.2, -0.15) is 0 Å². The van der Waals surface area contributed by atoms with E-state index in [4.69, 9.17) is 4.74 Å². The molecule has 3 atom stereocenters. The van der Waals surface area contributed by atoms with Crippen LogP contribution in [0, 0.1) is 6.92 Å². The van der Waals surface area contributed by atoms with Gasteiger partial charge in [0.05, 0.1) is 22.9 Å². The van der Waals surface area contributed by atoms with E-state index in [9.17, 15) is 4.79 Å². The van der Waals surface area contributed by atoms with Crippen LogP contribution in [0.3, 0.4) is 0 Å². The minimum absolute atomic E-state index is 0.189. The molecule has 2 fully saturated rings. The Balaban J connectivity index is 1.67. The maximum Gasteiger partial charge on any atom is 0.266 e. The third-order valence-electron chi connectivity index (χ3n) is 5.10. The largest absolute Gasteiger partial charge is 0.373 e. The Bertz CT molecular complexity index is 593. The Morgan fingerprint density at radius 1 is 1.32 bits per heavy atom. The first-order valence-corrected chi connectivity index (χ1v) is 10.4. The maximum atomic E-state index is 13.1. The lowest BCUT2D eigenvalue weighted by atomic mass is 10.1. The molecular weight excluding hydrogens is 334 g/mol. The van der Waals surface area contributed by atoms with Gasteiger partial charge in [0.1, 0.15) is 4.88 Å². The quantitative estimate of drug-likeness (QED) is 0.804. The van der Waals surface area contributed by atoms with Crippen molar-refractivity contribution in [3.05, 3.63) is 15.6 Å². The molecule has 25 heavy (non-hydrogen) atoms. The number of nitrogens with zero attached hydrogens (tertiary/aromatic N) is 3. The van der Waals surface area contributed by atoms with Crippen LogP contribution in [0.2, 0.25) is 0 Å². The lowest BCUT2D eigenvalue weighted by Crippen LogP contribution is -2.50. The molecular formula is C19H31N3O2S. The van der Waals surface area contributed by atoms with Crippen molar-refractivity contribution in [1.82, 2.24) is 14.8 Å². The van der Waals surface area contributed by atoms with Crippen LogP contribution in [-0.2, 0) is 11.2 Å². The molecule has 2 aliphatic heterocycles. The van der Waals surface area contributed by atoms with Gasteiger partial charge < -0.3 is 9.64 Å². The molecule has 140 valence electrons. The van der Waals surface area contributed by atoms with E-state index in [2.05, 4.69) is 35.6 Å². The molecule has 1 aromatic heterocycles. The van der Waals surface area contributed by atoms with Crippen LogP contribution >= 0.6 is 11.3 Å². The van der Waals surface area contributed by atoms with Crippen molar-refractivity contribution in [2.75, 3.05) is 26.2 Å². The fourth-order valence-electron chi connectivity index (χ4n) is 4.13. The zero-order chi connectivity index (χ0) is 18.0. The second-order valence-corrected chi connectivity index (χ2v) is 8.63. The Kier molecular flexibility index (Phi) is 6.12. The van der Waals surface area contributed by atoms with Crippen molar-refractivity contribution in [1.29, 1.82) is 0 Å². The van der Waals surface area contributed by atoms with Crippen LogP contribution in [0.4, 0.5) is 0 Å². The highest BCUT2D eigenvalue weighted by Gasteiger charge is 2.34. The smallest absolute Gasteiger partial charge is 0.266 e. The molecule has 3 rings (SSSR count). The molecule has 0 saturated carbocycles. The molecule has 0 N–H and O–H groups in total. The number of morpholine rings is 1. The monoisotopic (exact) mass is 365 g/mol. The molecule has 3 unspecified atom stereocenters. The first kappa shape index (κ1) is 18.8. The standard InChI is InChI=1S/C19H31N3O2S/c1-5-7-17-20-15(4)18(25-17)19(23)22-9-6-8-16(22)12-21-10-13(2)24-14(3)11-21/h13-14,16H,5-12H2,1-4H3. The lowest BCUT2D eigenvalue weighted by Gasteiger charge is -2.38. The Morgan fingerprint density at radius 3 is 2.72 bits per heavy atom. The minimum atomic E-state index is 0.189. The highest BCUT2D eigenvalue weighted by Crippen LogP contribution is 2.27. The number of aryl methyl sites for hydroxylation is 2. The van der Waals surface area contributed by atoms with E-state index in [-0.39, 0.29) is 18.1 Å². The Morgan fingerprint density at radius 2 is 2.04 bits per heavy atom. The van der Waals surface area contributed by atoms with Gasteiger partial charge in [-0.3, -0.25) is 9.69 Å². The topological polar surface area (TPSA) is 45.7 Å². The van der Waals surface area contributed by atoms with Gasteiger partial charge in [0.2, 0.25) is 0 Å². The normalized spacial score (nSPS) is 27.8. The average molecular weight is 366 g/mol. The lowest BCUT2D eigenvalue weighted by molar-refractivity contribution is -0.0715. The average Bonchev–Trinajstić information content (AvgIpc) is 3.13. The number of aromatic nitrogens is 1. The summed E-state index contributed by atoms with van der Waals surface area (Å²) in [7, 11) is 0. The van der Waals surface area contributed by atoms with Crippen LogP contribution in [-0.4, -0.2) is 65.1 Å². The summed E-state index contributed by atoms with van der Waals surface area (Å²) in [5.41, 5.74) is 0.901. The number of ether oxygens (including phenoxy) is 1. The summed E-state index contributed by atoms with van der Waals surface area (Å²) in [6.45, 7) is 12.2. The van der Waals surface area contributed by atoms with Crippen LogP contribution in [0.15, 0.2) is 0 Å². The number of rotatable bonds is 5. The number of amides is 1. The SMILES string of the molecule is CCCc1nc(C)c(C(=O)N2CCCC2CN2CC(C)OC(C)C2)s1. The number of carbonyl (C=O) groups excluding carboxylic acids is 1. The molecule has 0 aromatic carbocycles. The fraction of sp³-hybridized carbons (Fsp3) is 0.789. The number of hydrogen-bond donors (Lipinski definition) is 0. The maximum absolute atomic E-state index is 13.1. The molecule has 3 heterocycles. The van der Waals surface area contributed by atoms with Gasteiger partial charge in [-0.1, -0.05) is 6.92 Å². The minimum Gasteiger partial charge on any atom is -0.373 e. The summed E-state index contributed by atoms with van der Waals surface area (Å²) in [4.78, 5) is 23.1. The summed E-state index contributed by atoms with van der Waals surface area (Å²) >= 11 is 1.59. The van der Waals surface area contributed by atoms with Crippen molar-refractivity contribution in [2.45, 2.75) is 71.6 Å². The van der Waals surface area contributed by atoms with E-state index in [1.54, 1.807) is 11.3 Å². The second kappa shape index (κ2) is 8.14. The van der Waals surface area contributed by atoms with Crippen molar-refractivity contribution in [3.8, 4) is 0 Å². The van der Waals surface area contributed by atoms with Gasteiger partial charge in [0.15, 0.2) is 0 Å². The van der Waals surface area contributed by atoms with Gasteiger partial charge in [-0.15, -0.1) is 11.3 Å². The molecule has 6 heteroatoms. The van der Waals surface area contributed by atoms with Crippen molar-refractivity contribution in [2.24, 2.45) is 0 Å². The molecule has 5 nitrogen and oxygen atoms in total. The van der Waals surface area contributed by atoms with Crippen LogP contribution < -0.4 is 0 Å². The summed E-state index contributed by atoms with van der Waals surface area (Å²) in [6.07, 6.45) is 4.78. The van der Waals surface area contributed by atoms with E-state index >= 15 is 0 Å². The molecule has 0 aliphatic carbocycles. The third-order valence-corrected chi connectivity index (χ3v) is 6.31.